The highest BCUT2D eigenvalue weighted by Gasteiger charge is 2.30. The average molecular weight is 372 g/mol. The number of hydrogen-bond donors (Lipinski definition) is 1. The summed E-state index contributed by atoms with van der Waals surface area (Å²) in [5, 5.41) is 13.0. The smallest absolute Gasteiger partial charge is 0.232 e. The summed E-state index contributed by atoms with van der Waals surface area (Å²) in [6, 6.07) is 11.8. The zero-order valence-corrected chi connectivity index (χ0v) is 16.1. The van der Waals surface area contributed by atoms with Crippen LogP contribution in [0, 0.1) is 11.3 Å². The van der Waals surface area contributed by atoms with Gasteiger partial charge >= 0.3 is 0 Å². The molecule has 2 rings (SSSR count). The molecule has 5 nitrogen and oxygen atoms in total. The molecule has 6 heteroatoms. The Morgan fingerprint density at radius 3 is 2.50 bits per heavy atom. The van der Waals surface area contributed by atoms with Gasteiger partial charge in [-0.1, -0.05) is 55.9 Å². The fourth-order valence-electron chi connectivity index (χ4n) is 3.03. The van der Waals surface area contributed by atoms with Crippen molar-refractivity contribution in [1.82, 2.24) is 10.2 Å². The maximum atomic E-state index is 12.5. The largest absolute Gasteiger partial charge is 0.342 e. The van der Waals surface area contributed by atoms with E-state index in [0.29, 0.717) is 10.6 Å². The molecule has 0 saturated heterocycles. The van der Waals surface area contributed by atoms with E-state index in [9.17, 15) is 14.9 Å². The van der Waals surface area contributed by atoms with Gasteiger partial charge in [-0.2, -0.15) is 5.26 Å². The molecule has 2 amide bonds. The van der Waals surface area contributed by atoms with Crippen molar-refractivity contribution in [2.45, 2.75) is 39.0 Å². The van der Waals surface area contributed by atoms with Gasteiger partial charge in [0.1, 0.15) is 0 Å². The third-order valence-corrected chi connectivity index (χ3v) is 5.24. The molecule has 1 aliphatic rings. The van der Waals surface area contributed by atoms with Crippen LogP contribution in [0.3, 0.4) is 0 Å². The molecule has 26 heavy (non-hydrogen) atoms. The molecule has 138 valence electrons. The van der Waals surface area contributed by atoms with E-state index in [1.54, 1.807) is 0 Å². The topological polar surface area (TPSA) is 73.2 Å². The highest BCUT2D eigenvalue weighted by Crippen LogP contribution is 2.35. The Kier molecular flexibility index (Phi) is 7.73. The Balaban J connectivity index is 2.17. The number of nitriles is 1. The molecule has 1 heterocycles. The van der Waals surface area contributed by atoms with Crippen molar-refractivity contribution in [2.75, 3.05) is 18.8 Å². The van der Waals surface area contributed by atoms with Gasteiger partial charge in [0.15, 0.2) is 0 Å². The van der Waals surface area contributed by atoms with Crippen LogP contribution in [-0.2, 0) is 9.59 Å². The normalized spacial score (nSPS) is 16.8. The molecule has 1 aromatic rings. The number of carbonyl (C=O) groups excluding carboxylic acids is 2. The van der Waals surface area contributed by atoms with Gasteiger partial charge in [-0.25, -0.2) is 0 Å². The highest BCUT2D eigenvalue weighted by atomic mass is 32.2. The zero-order valence-electron chi connectivity index (χ0n) is 15.3. The first-order valence-corrected chi connectivity index (χ1v) is 9.98. The lowest BCUT2D eigenvalue weighted by molar-refractivity contribution is -0.128. The number of allylic oxidation sites excluding steroid dienone is 1. The quantitative estimate of drug-likeness (QED) is 0.760. The lowest BCUT2D eigenvalue weighted by Crippen LogP contribution is -2.35. The Morgan fingerprint density at radius 2 is 1.92 bits per heavy atom. The second-order valence-electron chi connectivity index (χ2n) is 6.24. The molecule has 0 bridgehead atoms. The van der Waals surface area contributed by atoms with Gasteiger partial charge in [-0.05, 0) is 18.4 Å². The number of thioether (sulfide) groups is 1. The Hall–Kier alpha value is -2.26. The summed E-state index contributed by atoms with van der Waals surface area (Å²) in [7, 11) is 0. The first-order chi connectivity index (χ1) is 12.6. The van der Waals surface area contributed by atoms with Gasteiger partial charge in [-0.15, -0.1) is 0 Å². The maximum absolute atomic E-state index is 12.5. The van der Waals surface area contributed by atoms with Crippen molar-refractivity contribution in [1.29, 1.82) is 5.26 Å². The molecular weight excluding hydrogens is 346 g/mol. The fourth-order valence-corrected chi connectivity index (χ4v) is 4.01. The minimum atomic E-state index is -0.255. The minimum Gasteiger partial charge on any atom is -0.342 e. The van der Waals surface area contributed by atoms with Crippen molar-refractivity contribution in [2.24, 2.45) is 0 Å². The molecule has 0 radical (unpaired) electrons. The second-order valence-corrected chi connectivity index (χ2v) is 7.23. The van der Waals surface area contributed by atoms with E-state index in [1.165, 1.54) is 11.8 Å². The van der Waals surface area contributed by atoms with E-state index in [2.05, 4.69) is 11.4 Å². The van der Waals surface area contributed by atoms with Gasteiger partial charge < -0.3 is 10.2 Å². The molecule has 1 atom stereocenters. The number of hydrogen-bond acceptors (Lipinski definition) is 4. The third-order valence-electron chi connectivity index (χ3n) is 4.24. The molecule has 0 aliphatic carbocycles. The van der Waals surface area contributed by atoms with Crippen LogP contribution >= 0.6 is 11.8 Å². The zero-order chi connectivity index (χ0) is 18.9. The summed E-state index contributed by atoms with van der Waals surface area (Å²) in [4.78, 5) is 26.5. The van der Waals surface area contributed by atoms with Gasteiger partial charge in [-0.3, -0.25) is 9.59 Å². The number of benzene rings is 1. The number of rotatable bonds is 8. The summed E-state index contributed by atoms with van der Waals surface area (Å²) < 4.78 is 0. The maximum Gasteiger partial charge on any atom is 0.232 e. The Bertz CT molecular complexity index is 704. The van der Waals surface area contributed by atoms with Crippen LogP contribution in [0.1, 0.15) is 44.6 Å². The lowest BCUT2D eigenvalue weighted by Gasteiger charge is -2.26. The van der Waals surface area contributed by atoms with Crippen molar-refractivity contribution in [3.05, 3.63) is 46.5 Å². The molecule has 1 aliphatic heterocycles. The first-order valence-electron chi connectivity index (χ1n) is 9.00. The molecule has 0 aromatic heterocycles. The molecular formula is C20H25N3O2S. The van der Waals surface area contributed by atoms with E-state index >= 15 is 0 Å². The number of nitrogens with one attached hydrogen (secondary N) is 1. The summed E-state index contributed by atoms with van der Waals surface area (Å²) in [6.07, 6.45) is 2.08. The van der Waals surface area contributed by atoms with Gasteiger partial charge in [0.2, 0.25) is 11.8 Å². The summed E-state index contributed by atoms with van der Waals surface area (Å²) in [5.41, 5.74) is 1.48. The summed E-state index contributed by atoms with van der Waals surface area (Å²) in [6.45, 7) is 5.56. The Labute approximate surface area is 159 Å². The monoisotopic (exact) mass is 371 g/mol. The molecule has 0 saturated carbocycles. The Morgan fingerprint density at radius 1 is 1.27 bits per heavy atom. The molecule has 0 spiro atoms. The van der Waals surface area contributed by atoms with Crippen molar-refractivity contribution >= 4 is 23.6 Å². The van der Waals surface area contributed by atoms with Crippen molar-refractivity contribution in [3.8, 4) is 6.07 Å². The van der Waals surface area contributed by atoms with Gasteiger partial charge in [0.25, 0.3) is 0 Å². The van der Waals surface area contributed by atoms with Crippen molar-refractivity contribution < 1.29 is 9.59 Å². The molecule has 0 unspecified atom stereocenters. The van der Waals surface area contributed by atoms with Crippen LogP contribution in [-0.4, -0.2) is 35.6 Å². The summed E-state index contributed by atoms with van der Waals surface area (Å²) >= 11 is 1.25. The van der Waals surface area contributed by atoms with Crippen LogP contribution in [0.2, 0.25) is 0 Å². The first kappa shape index (κ1) is 20.1. The van der Waals surface area contributed by atoms with E-state index in [1.807, 2.05) is 49.1 Å². The van der Waals surface area contributed by atoms with Crippen LogP contribution in [0.15, 0.2) is 40.9 Å². The predicted molar refractivity (Wildman–Crippen MR) is 104 cm³/mol. The molecule has 1 aromatic carbocycles. The van der Waals surface area contributed by atoms with Crippen molar-refractivity contribution in [3.63, 3.8) is 0 Å². The van der Waals surface area contributed by atoms with Crippen LogP contribution in [0.4, 0.5) is 0 Å². The minimum absolute atomic E-state index is 0.0413. The number of nitrogens with zero attached hydrogens (tertiary/aromatic N) is 2. The van der Waals surface area contributed by atoms with E-state index in [4.69, 9.17) is 0 Å². The predicted octanol–water partition coefficient (Wildman–Crippen LogP) is 3.41. The standard InChI is InChI=1S/C20H25N3O2S/c1-3-10-23(11-4-2)19(25)14-26-20-17(13-21)16(12-18(24)22-20)15-8-6-5-7-9-15/h5-9,16H,3-4,10-12,14H2,1-2H3,(H,22,24)/t16-/m0/s1. The fraction of sp³-hybridized carbons (Fsp3) is 0.450. The van der Waals surface area contributed by atoms with E-state index < -0.39 is 0 Å². The SMILES string of the molecule is CCCN(CCC)C(=O)CSC1=C(C#N)[C@H](c2ccccc2)CC(=O)N1. The molecule has 1 N–H and O–H groups in total. The third kappa shape index (κ3) is 5.12. The number of carbonyl (C=O) groups is 2. The average Bonchev–Trinajstić information content (AvgIpc) is 2.66. The van der Waals surface area contributed by atoms with E-state index in [-0.39, 0.29) is 29.9 Å². The summed E-state index contributed by atoms with van der Waals surface area (Å²) in [5.74, 6) is -0.108. The number of amides is 2. The van der Waals surface area contributed by atoms with Crippen LogP contribution in [0.5, 0.6) is 0 Å². The van der Waals surface area contributed by atoms with E-state index in [0.717, 1.165) is 31.5 Å². The molecule has 0 fully saturated rings. The van der Waals surface area contributed by atoms with Gasteiger partial charge in [0.05, 0.1) is 22.4 Å². The van der Waals surface area contributed by atoms with Crippen LogP contribution < -0.4 is 5.32 Å². The van der Waals surface area contributed by atoms with Crippen LogP contribution in [0.25, 0.3) is 0 Å². The lowest BCUT2D eigenvalue weighted by atomic mass is 9.87. The second kappa shape index (κ2) is 10.0. The van der Waals surface area contributed by atoms with Gasteiger partial charge in [0, 0.05) is 25.4 Å². The highest BCUT2D eigenvalue weighted by molar-refractivity contribution is 8.03.